The van der Waals surface area contributed by atoms with Gasteiger partial charge in [0.25, 0.3) is 0 Å². The smallest absolute Gasteiger partial charge is 0.229 e. The van der Waals surface area contributed by atoms with Crippen LogP contribution >= 0.6 is 0 Å². The van der Waals surface area contributed by atoms with Crippen molar-refractivity contribution < 1.29 is 13.2 Å². The summed E-state index contributed by atoms with van der Waals surface area (Å²) in [5.41, 5.74) is 0.876. The average Bonchev–Trinajstić information content (AvgIpc) is 2.58. The first-order valence-electron chi connectivity index (χ1n) is 7.87. The molecule has 0 spiro atoms. The Bertz CT molecular complexity index is 1050. The van der Waals surface area contributed by atoms with Gasteiger partial charge >= 0.3 is 0 Å². The number of nitrogens with zero attached hydrogens (tertiary/aromatic N) is 3. The summed E-state index contributed by atoms with van der Waals surface area (Å²) in [5, 5.41) is 15.3. The number of aromatic nitrogens is 2. The van der Waals surface area contributed by atoms with Gasteiger partial charge < -0.3 is 4.90 Å². The Balaban J connectivity index is 2.41. The lowest BCUT2D eigenvalue weighted by atomic mass is 10.1. The van der Waals surface area contributed by atoms with Crippen molar-refractivity contribution in [1.29, 1.82) is 10.8 Å². The molecule has 3 rings (SSSR count). The number of anilines is 2. The molecule has 0 aliphatic carbocycles. The third-order valence-electron chi connectivity index (χ3n) is 4.04. The first-order chi connectivity index (χ1) is 12.4. The molecule has 5 nitrogen and oxygen atoms in total. The Hall–Kier alpha value is -3.16. The van der Waals surface area contributed by atoms with Gasteiger partial charge in [0.1, 0.15) is 11.6 Å². The Labute approximate surface area is 147 Å². The van der Waals surface area contributed by atoms with Crippen LogP contribution in [0.3, 0.4) is 0 Å². The molecule has 0 radical (unpaired) electrons. The maximum Gasteiger partial charge on any atom is 0.229 e. The lowest BCUT2D eigenvalue weighted by Crippen LogP contribution is -2.28. The molecule has 1 heterocycles. The van der Waals surface area contributed by atoms with Crippen LogP contribution in [0.15, 0.2) is 30.3 Å². The van der Waals surface area contributed by atoms with E-state index in [1.54, 1.807) is 19.9 Å². The summed E-state index contributed by atoms with van der Waals surface area (Å²) < 4.78 is 43.4. The molecule has 26 heavy (non-hydrogen) atoms. The summed E-state index contributed by atoms with van der Waals surface area (Å²) >= 11 is 0. The second kappa shape index (κ2) is 6.62. The van der Waals surface area contributed by atoms with E-state index in [9.17, 15) is 13.2 Å². The summed E-state index contributed by atoms with van der Waals surface area (Å²) in [5.74, 6) is -2.67. The van der Waals surface area contributed by atoms with Crippen LogP contribution < -0.4 is 10.5 Å². The highest BCUT2D eigenvalue weighted by Gasteiger charge is 2.21. The molecule has 0 fully saturated rings. The van der Waals surface area contributed by atoms with Crippen molar-refractivity contribution in [2.45, 2.75) is 13.8 Å². The van der Waals surface area contributed by atoms with Gasteiger partial charge in [0, 0.05) is 12.2 Å². The van der Waals surface area contributed by atoms with Crippen LogP contribution in [0.25, 0.3) is 10.9 Å². The van der Waals surface area contributed by atoms with Crippen LogP contribution in [0.2, 0.25) is 0 Å². The molecule has 0 amide bonds. The molecule has 1 aromatic heterocycles. The molecule has 0 saturated carbocycles. The summed E-state index contributed by atoms with van der Waals surface area (Å²) in [6.07, 6.45) is 0.807. The van der Waals surface area contributed by atoms with Crippen molar-refractivity contribution >= 4 is 28.7 Å². The third kappa shape index (κ3) is 2.83. The van der Waals surface area contributed by atoms with Crippen LogP contribution in [-0.2, 0) is 0 Å². The van der Waals surface area contributed by atoms with Gasteiger partial charge in [-0.15, -0.1) is 0 Å². The second-order valence-corrected chi connectivity index (χ2v) is 5.74. The van der Waals surface area contributed by atoms with Crippen molar-refractivity contribution in [3.8, 4) is 0 Å². The van der Waals surface area contributed by atoms with Crippen LogP contribution in [0, 0.1) is 35.2 Å². The van der Waals surface area contributed by atoms with E-state index >= 15 is 0 Å². The van der Waals surface area contributed by atoms with Gasteiger partial charge in [-0.2, -0.15) is 4.98 Å². The number of halogens is 3. The SMILES string of the molecule is CCN(c1cc(C)cc(F)c1)c1nc(=N)n(C=N)c2ccc(F)c(F)c12. The van der Waals surface area contributed by atoms with E-state index < -0.39 is 17.5 Å². The Morgan fingerprint density at radius 3 is 2.54 bits per heavy atom. The van der Waals surface area contributed by atoms with E-state index in [1.807, 2.05) is 0 Å². The lowest BCUT2D eigenvalue weighted by molar-refractivity contribution is 0.516. The van der Waals surface area contributed by atoms with Gasteiger partial charge in [0.2, 0.25) is 5.62 Å². The van der Waals surface area contributed by atoms with Crippen LogP contribution in [0.5, 0.6) is 0 Å². The maximum atomic E-state index is 14.6. The molecular weight excluding hydrogens is 343 g/mol. The largest absolute Gasteiger partial charge is 0.326 e. The molecule has 0 saturated heterocycles. The average molecular weight is 359 g/mol. The fourth-order valence-electron chi connectivity index (χ4n) is 2.93. The molecule has 8 heteroatoms. The molecule has 0 atom stereocenters. The second-order valence-electron chi connectivity index (χ2n) is 5.74. The summed E-state index contributed by atoms with van der Waals surface area (Å²) in [6.45, 7) is 3.76. The highest BCUT2D eigenvalue weighted by molar-refractivity contribution is 5.94. The third-order valence-corrected chi connectivity index (χ3v) is 4.04. The lowest BCUT2D eigenvalue weighted by Gasteiger charge is -2.25. The number of benzene rings is 2. The van der Waals surface area contributed by atoms with Crippen LogP contribution in [-0.4, -0.2) is 22.4 Å². The van der Waals surface area contributed by atoms with Crippen molar-refractivity contribution in [2.75, 3.05) is 11.4 Å². The van der Waals surface area contributed by atoms with Gasteiger partial charge in [0.05, 0.1) is 17.2 Å². The first-order valence-corrected chi connectivity index (χ1v) is 7.87. The summed E-state index contributed by atoms with van der Waals surface area (Å²) in [6, 6.07) is 6.53. The van der Waals surface area contributed by atoms with E-state index in [4.69, 9.17) is 10.8 Å². The van der Waals surface area contributed by atoms with Crippen molar-refractivity contribution in [3.05, 3.63) is 59.0 Å². The zero-order chi connectivity index (χ0) is 19.0. The number of rotatable bonds is 4. The first kappa shape index (κ1) is 17.7. The minimum Gasteiger partial charge on any atom is -0.326 e. The Kier molecular flexibility index (Phi) is 4.50. The number of hydrogen-bond donors (Lipinski definition) is 2. The van der Waals surface area contributed by atoms with Crippen LogP contribution in [0.1, 0.15) is 12.5 Å². The van der Waals surface area contributed by atoms with Crippen molar-refractivity contribution in [3.63, 3.8) is 0 Å². The monoisotopic (exact) mass is 359 g/mol. The standard InChI is InChI=1S/C18H16F3N5/c1-3-25(12-7-10(2)6-11(19)8-12)17-15-14(5-4-13(20)16(15)21)26(9-22)18(23)24-17/h4-9,22-23H,3H2,1-2H3. The molecule has 0 aliphatic rings. The number of nitrogens with one attached hydrogen (secondary N) is 2. The summed E-state index contributed by atoms with van der Waals surface area (Å²) in [7, 11) is 0. The minimum atomic E-state index is -1.13. The highest BCUT2D eigenvalue weighted by Crippen LogP contribution is 2.32. The van der Waals surface area contributed by atoms with E-state index in [-0.39, 0.29) is 28.9 Å². The molecule has 2 N–H and O–H groups in total. The fraction of sp³-hybridized carbons (Fsp3) is 0.167. The Morgan fingerprint density at radius 2 is 1.92 bits per heavy atom. The van der Waals surface area contributed by atoms with E-state index in [0.717, 1.165) is 17.0 Å². The normalized spacial score (nSPS) is 11.0. The molecule has 3 aromatic rings. The van der Waals surface area contributed by atoms with Gasteiger partial charge in [-0.25, -0.2) is 13.2 Å². The number of fused-ring (bicyclic) bond motifs is 1. The Morgan fingerprint density at radius 1 is 1.19 bits per heavy atom. The van der Waals surface area contributed by atoms with Crippen molar-refractivity contribution in [2.24, 2.45) is 0 Å². The van der Waals surface area contributed by atoms with Gasteiger partial charge in [-0.05, 0) is 49.7 Å². The maximum absolute atomic E-state index is 14.6. The molecule has 0 unspecified atom stereocenters. The minimum absolute atomic E-state index is 0.00685. The summed E-state index contributed by atoms with van der Waals surface area (Å²) in [4.78, 5) is 5.56. The van der Waals surface area contributed by atoms with Crippen LogP contribution in [0.4, 0.5) is 24.7 Å². The van der Waals surface area contributed by atoms with E-state index in [2.05, 4.69) is 4.98 Å². The molecule has 2 aromatic carbocycles. The van der Waals surface area contributed by atoms with E-state index in [1.165, 1.54) is 23.1 Å². The number of hydrogen-bond acceptors (Lipinski definition) is 4. The molecule has 134 valence electrons. The van der Waals surface area contributed by atoms with Crippen molar-refractivity contribution in [1.82, 2.24) is 9.55 Å². The molecule has 0 bridgehead atoms. The predicted octanol–water partition coefficient (Wildman–Crippen LogP) is 3.85. The zero-order valence-corrected chi connectivity index (χ0v) is 14.1. The zero-order valence-electron chi connectivity index (χ0n) is 14.1. The molecular formula is C18H16F3N5. The van der Waals surface area contributed by atoms with Gasteiger partial charge in [-0.1, -0.05) is 0 Å². The van der Waals surface area contributed by atoms with E-state index in [0.29, 0.717) is 11.3 Å². The highest BCUT2D eigenvalue weighted by atomic mass is 19.2. The van der Waals surface area contributed by atoms with Gasteiger partial charge in [0.15, 0.2) is 11.6 Å². The fourth-order valence-corrected chi connectivity index (χ4v) is 2.93. The quantitative estimate of drug-likeness (QED) is 0.549. The number of aryl methyl sites for hydroxylation is 1. The molecule has 0 aliphatic heterocycles. The predicted molar refractivity (Wildman–Crippen MR) is 93.5 cm³/mol. The van der Waals surface area contributed by atoms with Gasteiger partial charge in [-0.3, -0.25) is 15.4 Å². The topological polar surface area (TPSA) is 68.8 Å².